The molecular weight excluding hydrogens is 365 g/mol. The largest absolute Gasteiger partial charge is 0.463 e. The van der Waals surface area contributed by atoms with E-state index in [1.54, 1.807) is 26.1 Å². The molecule has 1 atom stereocenters. The number of nitrogens with zero attached hydrogens (tertiary/aromatic N) is 2. The van der Waals surface area contributed by atoms with E-state index in [9.17, 15) is 9.18 Å². The van der Waals surface area contributed by atoms with Crippen LogP contribution in [0.25, 0.3) is 0 Å². The van der Waals surface area contributed by atoms with Gasteiger partial charge in [0.05, 0.1) is 17.2 Å². The van der Waals surface area contributed by atoms with Crippen LogP contribution in [0.4, 0.5) is 4.39 Å². The molecule has 1 aliphatic heterocycles. The van der Waals surface area contributed by atoms with Gasteiger partial charge >= 0.3 is 5.97 Å². The summed E-state index contributed by atoms with van der Waals surface area (Å²) < 4.78 is 19.1. The summed E-state index contributed by atoms with van der Waals surface area (Å²) >= 11 is 7.19. The van der Waals surface area contributed by atoms with E-state index in [0.717, 1.165) is 0 Å². The number of amidine groups is 1. The molecule has 0 amide bonds. The second kappa shape index (κ2) is 7.33. The minimum Gasteiger partial charge on any atom is -0.463 e. The number of halogens is 2. The lowest BCUT2D eigenvalue weighted by molar-refractivity contribution is -0.138. The molecular formula is C17H15ClFN3O2S. The van der Waals surface area contributed by atoms with Gasteiger partial charge in [-0.05, 0) is 31.5 Å². The van der Waals surface area contributed by atoms with Gasteiger partial charge in [-0.2, -0.15) is 0 Å². The van der Waals surface area contributed by atoms with Crippen molar-refractivity contribution in [3.8, 4) is 0 Å². The van der Waals surface area contributed by atoms with Crippen LogP contribution in [0.5, 0.6) is 0 Å². The van der Waals surface area contributed by atoms with Gasteiger partial charge in [-0.15, -0.1) is 11.3 Å². The molecule has 3 rings (SSSR count). The van der Waals surface area contributed by atoms with Crippen LogP contribution >= 0.6 is 22.9 Å². The summed E-state index contributed by atoms with van der Waals surface area (Å²) in [6, 6.07) is 3.68. The van der Waals surface area contributed by atoms with E-state index in [2.05, 4.69) is 15.3 Å². The highest BCUT2D eigenvalue weighted by atomic mass is 35.5. The van der Waals surface area contributed by atoms with E-state index in [-0.39, 0.29) is 11.6 Å². The third-order valence-corrected chi connectivity index (χ3v) is 4.72. The third-order valence-electron chi connectivity index (χ3n) is 3.63. The predicted molar refractivity (Wildman–Crippen MR) is 95.3 cm³/mol. The van der Waals surface area contributed by atoms with Gasteiger partial charge in [0, 0.05) is 17.3 Å². The molecule has 2 aromatic rings. The molecule has 8 heteroatoms. The molecule has 0 fully saturated rings. The lowest BCUT2D eigenvalue weighted by Gasteiger charge is -2.25. The Kier molecular flexibility index (Phi) is 5.15. The molecule has 25 heavy (non-hydrogen) atoms. The number of benzene rings is 1. The number of nitrogens with one attached hydrogen (secondary N) is 1. The van der Waals surface area contributed by atoms with Crippen LogP contribution in [0.3, 0.4) is 0 Å². The SMILES string of the molecule is CCOC(=O)C1=C(C)NC(c2nccs2)=NC1c1ccc(Cl)c(F)c1. The Morgan fingerprint density at radius 3 is 2.92 bits per heavy atom. The molecule has 0 saturated carbocycles. The van der Waals surface area contributed by atoms with Crippen LogP contribution in [0, 0.1) is 5.82 Å². The van der Waals surface area contributed by atoms with Crippen molar-refractivity contribution in [1.29, 1.82) is 0 Å². The van der Waals surface area contributed by atoms with E-state index >= 15 is 0 Å². The summed E-state index contributed by atoms with van der Waals surface area (Å²) in [6.45, 7) is 3.72. The average molecular weight is 380 g/mol. The first-order valence-electron chi connectivity index (χ1n) is 7.58. The molecule has 0 saturated heterocycles. The zero-order valence-electron chi connectivity index (χ0n) is 13.5. The lowest BCUT2D eigenvalue weighted by Crippen LogP contribution is -2.32. The number of rotatable bonds is 4. The van der Waals surface area contributed by atoms with Gasteiger partial charge in [0.2, 0.25) is 0 Å². The second-order valence-corrected chi connectivity index (χ2v) is 6.58. The number of carbonyl (C=O) groups is 1. The van der Waals surface area contributed by atoms with Gasteiger partial charge in [0.1, 0.15) is 11.9 Å². The van der Waals surface area contributed by atoms with Crippen molar-refractivity contribution >= 4 is 34.7 Å². The molecule has 1 unspecified atom stereocenters. The quantitative estimate of drug-likeness (QED) is 0.819. The van der Waals surface area contributed by atoms with Crippen molar-refractivity contribution in [2.45, 2.75) is 19.9 Å². The Labute approximate surface area is 153 Å². The molecule has 1 aliphatic rings. The average Bonchev–Trinajstić information content (AvgIpc) is 3.11. The normalized spacial score (nSPS) is 17.1. The van der Waals surface area contributed by atoms with Crippen molar-refractivity contribution in [2.75, 3.05) is 6.61 Å². The summed E-state index contributed by atoms with van der Waals surface area (Å²) in [5.74, 6) is -0.528. The zero-order chi connectivity index (χ0) is 18.0. The first-order valence-corrected chi connectivity index (χ1v) is 8.84. The molecule has 5 nitrogen and oxygen atoms in total. The fourth-order valence-electron chi connectivity index (χ4n) is 2.52. The highest BCUT2D eigenvalue weighted by Gasteiger charge is 2.31. The maximum atomic E-state index is 13.9. The standard InChI is InChI=1S/C17H15ClFN3O2S/c1-3-24-17(23)13-9(2)21-15(16-20-6-7-25-16)22-14(13)10-4-5-11(18)12(19)8-10/h4-8,14H,3H2,1-2H3,(H,21,22). The zero-order valence-corrected chi connectivity index (χ0v) is 15.1. The van der Waals surface area contributed by atoms with E-state index in [1.165, 1.54) is 23.5 Å². The van der Waals surface area contributed by atoms with Crippen molar-refractivity contribution in [3.63, 3.8) is 0 Å². The van der Waals surface area contributed by atoms with Crippen molar-refractivity contribution in [1.82, 2.24) is 10.3 Å². The highest BCUT2D eigenvalue weighted by Crippen LogP contribution is 2.33. The fourth-order valence-corrected chi connectivity index (χ4v) is 3.23. The summed E-state index contributed by atoms with van der Waals surface area (Å²) in [4.78, 5) is 21.2. The van der Waals surface area contributed by atoms with Gasteiger partial charge in [0.15, 0.2) is 10.8 Å². The number of carbonyl (C=O) groups excluding carboxylic acids is 1. The minimum atomic E-state index is -0.703. The van der Waals surface area contributed by atoms with Gasteiger partial charge in [-0.25, -0.2) is 14.2 Å². The van der Waals surface area contributed by atoms with Crippen LogP contribution in [0.2, 0.25) is 5.02 Å². The van der Waals surface area contributed by atoms with Crippen LogP contribution in [0.1, 0.15) is 30.5 Å². The smallest absolute Gasteiger partial charge is 0.338 e. The minimum absolute atomic E-state index is 0.0141. The van der Waals surface area contributed by atoms with Gasteiger partial charge in [0.25, 0.3) is 0 Å². The number of ether oxygens (including phenoxy) is 1. The molecule has 2 heterocycles. The van der Waals surface area contributed by atoms with Crippen LogP contribution in [-0.4, -0.2) is 23.4 Å². The molecule has 1 aromatic heterocycles. The molecule has 1 aromatic carbocycles. The maximum Gasteiger partial charge on any atom is 0.338 e. The first-order chi connectivity index (χ1) is 12.0. The van der Waals surface area contributed by atoms with Gasteiger partial charge in [-0.3, -0.25) is 4.99 Å². The number of aromatic nitrogens is 1. The molecule has 0 spiro atoms. The Hall–Kier alpha value is -2.25. The predicted octanol–water partition coefficient (Wildman–Crippen LogP) is 3.86. The number of hydrogen-bond donors (Lipinski definition) is 1. The van der Waals surface area contributed by atoms with Crippen molar-refractivity contribution in [3.05, 3.63) is 62.5 Å². The molecule has 0 bridgehead atoms. The first kappa shape index (κ1) is 17.6. The Bertz CT molecular complexity index is 865. The van der Waals surface area contributed by atoms with Crippen LogP contribution in [-0.2, 0) is 9.53 Å². The fraction of sp³-hybridized carbons (Fsp3) is 0.235. The van der Waals surface area contributed by atoms with E-state index in [0.29, 0.717) is 27.7 Å². The number of allylic oxidation sites excluding steroid dienone is 1. The lowest BCUT2D eigenvalue weighted by atomic mass is 9.96. The van der Waals surface area contributed by atoms with Crippen molar-refractivity contribution < 1.29 is 13.9 Å². The molecule has 0 radical (unpaired) electrons. The summed E-state index contributed by atoms with van der Waals surface area (Å²) in [7, 11) is 0. The van der Waals surface area contributed by atoms with Crippen LogP contribution in [0.15, 0.2) is 46.0 Å². The number of thiazole rings is 1. The van der Waals surface area contributed by atoms with Crippen LogP contribution < -0.4 is 5.32 Å². The number of esters is 1. The maximum absolute atomic E-state index is 13.9. The molecule has 1 N–H and O–H groups in total. The van der Waals surface area contributed by atoms with E-state index in [4.69, 9.17) is 16.3 Å². The monoisotopic (exact) mass is 379 g/mol. The Morgan fingerprint density at radius 1 is 1.48 bits per heavy atom. The Balaban J connectivity index is 2.09. The third kappa shape index (κ3) is 3.57. The van der Waals surface area contributed by atoms with E-state index in [1.807, 2.05) is 5.38 Å². The number of aliphatic imine (C=N–C) groups is 1. The number of hydrogen-bond acceptors (Lipinski definition) is 6. The van der Waals surface area contributed by atoms with Gasteiger partial charge in [-0.1, -0.05) is 17.7 Å². The molecule has 130 valence electrons. The van der Waals surface area contributed by atoms with Gasteiger partial charge < -0.3 is 10.1 Å². The highest BCUT2D eigenvalue weighted by molar-refractivity contribution is 7.11. The summed E-state index contributed by atoms with van der Waals surface area (Å²) in [5, 5.41) is 5.62. The van der Waals surface area contributed by atoms with Crippen molar-refractivity contribution in [2.24, 2.45) is 4.99 Å². The molecule has 0 aliphatic carbocycles. The summed E-state index contributed by atoms with van der Waals surface area (Å²) in [6.07, 6.45) is 1.67. The summed E-state index contributed by atoms with van der Waals surface area (Å²) in [5.41, 5.74) is 1.45. The van der Waals surface area contributed by atoms with E-state index < -0.39 is 17.8 Å². The second-order valence-electron chi connectivity index (χ2n) is 5.28. The Morgan fingerprint density at radius 2 is 2.28 bits per heavy atom. The topological polar surface area (TPSA) is 63.6 Å².